The van der Waals surface area contributed by atoms with Gasteiger partial charge in [-0.2, -0.15) is 5.10 Å². The van der Waals surface area contributed by atoms with E-state index in [2.05, 4.69) is 20.4 Å². The zero-order valence-corrected chi connectivity index (χ0v) is 15.8. The lowest BCUT2D eigenvalue weighted by molar-refractivity contribution is -0.0569. The SMILES string of the molecule is O=C(c1ccc(F)c(Cl)c1Cl)N1C2COCC1c1nnc(-c3ccn[nH]3)n1C2. The van der Waals surface area contributed by atoms with E-state index in [0.29, 0.717) is 24.8 Å². The van der Waals surface area contributed by atoms with Crippen LogP contribution in [0.4, 0.5) is 4.39 Å². The van der Waals surface area contributed by atoms with Gasteiger partial charge in [0.15, 0.2) is 11.6 Å². The Balaban J connectivity index is 1.56. The molecular formula is C17H13Cl2FN6O2. The van der Waals surface area contributed by atoms with Gasteiger partial charge in [-0.25, -0.2) is 4.39 Å². The van der Waals surface area contributed by atoms with Crippen LogP contribution >= 0.6 is 23.2 Å². The number of carbonyl (C=O) groups is 1. The number of fused-ring (bicyclic) bond motifs is 4. The van der Waals surface area contributed by atoms with Crippen molar-refractivity contribution in [2.45, 2.75) is 18.6 Å². The van der Waals surface area contributed by atoms with Crippen molar-refractivity contribution in [2.24, 2.45) is 0 Å². The van der Waals surface area contributed by atoms with Gasteiger partial charge in [-0.15, -0.1) is 10.2 Å². The minimum atomic E-state index is -0.672. The van der Waals surface area contributed by atoms with Gasteiger partial charge >= 0.3 is 0 Å². The first kappa shape index (κ1) is 17.6. The fourth-order valence-corrected chi connectivity index (χ4v) is 4.14. The Morgan fingerprint density at radius 1 is 1.21 bits per heavy atom. The predicted octanol–water partition coefficient (Wildman–Crippen LogP) is 2.71. The van der Waals surface area contributed by atoms with Crippen LogP contribution < -0.4 is 0 Å². The Kier molecular flexibility index (Phi) is 4.11. The molecule has 3 aromatic rings. The number of halogens is 3. The number of carbonyl (C=O) groups excluding carboxylic acids is 1. The molecule has 1 fully saturated rings. The standard InChI is InChI=1S/C17H13Cl2FN6O2/c18-13-9(1-2-10(20)14(13)19)17(27)26-8-5-25-15(11-3-4-21-22-11)23-24-16(25)12(26)7-28-6-8/h1-4,8,12H,5-7H2,(H,21,22). The number of ether oxygens (including phenoxy) is 1. The number of H-pyrrole nitrogens is 1. The molecule has 1 N–H and O–H groups in total. The summed E-state index contributed by atoms with van der Waals surface area (Å²) in [6.07, 6.45) is 1.64. The molecule has 2 atom stereocenters. The maximum absolute atomic E-state index is 13.6. The molecule has 4 heterocycles. The number of morpholine rings is 1. The van der Waals surface area contributed by atoms with Gasteiger partial charge in [0.05, 0.1) is 34.9 Å². The number of hydrogen-bond donors (Lipinski definition) is 1. The van der Waals surface area contributed by atoms with Crippen molar-refractivity contribution in [1.82, 2.24) is 29.9 Å². The minimum absolute atomic E-state index is 0.101. The van der Waals surface area contributed by atoms with Crippen LogP contribution in [0.25, 0.3) is 11.5 Å². The highest BCUT2D eigenvalue weighted by Crippen LogP contribution is 2.37. The third-order valence-corrected chi connectivity index (χ3v) is 5.89. The summed E-state index contributed by atoms with van der Waals surface area (Å²) >= 11 is 12.0. The molecule has 2 unspecified atom stereocenters. The van der Waals surface area contributed by atoms with E-state index in [1.807, 2.05) is 4.57 Å². The number of amides is 1. The topological polar surface area (TPSA) is 88.9 Å². The van der Waals surface area contributed by atoms with Crippen molar-refractivity contribution >= 4 is 29.1 Å². The third kappa shape index (κ3) is 2.54. The zero-order chi connectivity index (χ0) is 19.4. The van der Waals surface area contributed by atoms with Gasteiger partial charge in [0, 0.05) is 12.7 Å². The molecule has 0 radical (unpaired) electrons. The van der Waals surface area contributed by atoms with Crippen molar-refractivity contribution in [3.63, 3.8) is 0 Å². The van der Waals surface area contributed by atoms with Crippen LogP contribution in [0, 0.1) is 5.82 Å². The molecule has 2 aliphatic heterocycles. The molecule has 2 aliphatic rings. The average Bonchev–Trinajstić information content (AvgIpc) is 3.35. The highest BCUT2D eigenvalue weighted by atomic mass is 35.5. The van der Waals surface area contributed by atoms with Gasteiger partial charge in [-0.05, 0) is 18.2 Å². The predicted molar refractivity (Wildman–Crippen MR) is 97.5 cm³/mol. The molecule has 144 valence electrons. The number of rotatable bonds is 2. The summed E-state index contributed by atoms with van der Waals surface area (Å²) in [4.78, 5) is 15.0. The van der Waals surface area contributed by atoms with Gasteiger partial charge < -0.3 is 14.2 Å². The van der Waals surface area contributed by atoms with Crippen LogP contribution in [-0.4, -0.2) is 55.0 Å². The van der Waals surface area contributed by atoms with Crippen LogP contribution in [-0.2, 0) is 11.3 Å². The summed E-state index contributed by atoms with van der Waals surface area (Å²) in [6.45, 7) is 1.08. The molecule has 0 aliphatic carbocycles. The number of aromatic amines is 1. The Labute approximate surface area is 168 Å². The Morgan fingerprint density at radius 2 is 2.07 bits per heavy atom. The Hall–Kier alpha value is -2.49. The molecule has 2 aromatic heterocycles. The van der Waals surface area contributed by atoms with Crippen LogP contribution in [0.5, 0.6) is 0 Å². The second-order valence-electron chi connectivity index (χ2n) is 6.61. The molecule has 1 aromatic carbocycles. The van der Waals surface area contributed by atoms with Gasteiger partial charge in [0.25, 0.3) is 5.91 Å². The van der Waals surface area contributed by atoms with E-state index < -0.39 is 11.9 Å². The normalized spacial score (nSPS) is 20.9. The first-order chi connectivity index (χ1) is 13.6. The number of benzene rings is 1. The number of hydrogen-bond acceptors (Lipinski definition) is 5. The van der Waals surface area contributed by atoms with Crippen molar-refractivity contribution < 1.29 is 13.9 Å². The maximum atomic E-state index is 13.6. The van der Waals surface area contributed by atoms with Crippen molar-refractivity contribution in [1.29, 1.82) is 0 Å². The molecule has 0 saturated carbocycles. The van der Waals surface area contributed by atoms with Gasteiger partial charge in [-0.3, -0.25) is 9.89 Å². The van der Waals surface area contributed by atoms with E-state index in [4.69, 9.17) is 27.9 Å². The van der Waals surface area contributed by atoms with Crippen LogP contribution in [0.3, 0.4) is 0 Å². The van der Waals surface area contributed by atoms with Crippen molar-refractivity contribution in [2.75, 3.05) is 13.2 Å². The maximum Gasteiger partial charge on any atom is 0.256 e. The largest absolute Gasteiger partial charge is 0.377 e. The summed E-state index contributed by atoms with van der Waals surface area (Å²) in [5.74, 6) is 0.245. The van der Waals surface area contributed by atoms with E-state index in [9.17, 15) is 9.18 Å². The van der Waals surface area contributed by atoms with Crippen LogP contribution in [0.2, 0.25) is 10.0 Å². The van der Waals surface area contributed by atoms with E-state index in [1.165, 1.54) is 6.07 Å². The molecule has 2 bridgehead atoms. The third-order valence-electron chi connectivity index (χ3n) is 5.03. The quantitative estimate of drug-likeness (QED) is 0.641. The Bertz CT molecular complexity index is 1070. The fraction of sp³-hybridized carbons (Fsp3) is 0.294. The highest BCUT2D eigenvalue weighted by molar-refractivity contribution is 6.44. The molecule has 0 spiro atoms. The second kappa shape index (κ2) is 6.54. The molecule has 8 nitrogen and oxygen atoms in total. The lowest BCUT2D eigenvalue weighted by Crippen LogP contribution is -2.56. The first-order valence-corrected chi connectivity index (χ1v) is 9.28. The van der Waals surface area contributed by atoms with Crippen molar-refractivity contribution in [3.05, 3.63) is 51.6 Å². The summed E-state index contributed by atoms with van der Waals surface area (Å²) in [7, 11) is 0. The van der Waals surface area contributed by atoms with Crippen molar-refractivity contribution in [3.8, 4) is 11.5 Å². The van der Waals surface area contributed by atoms with Gasteiger partial charge in [0.1, 0.15) is 17.6 Å². The van der Waals surface area contributed by atoms with E-state index in [0.717, 1.165) is 11.8 Å². The first-order valence-electron chi connectivity index (χ1n) is 8.53. The summed E-state index contributed by atoms with van der Waals surface area (Å²) < 4.78 is 21.3. The smallest absolute Gasteiger partial charge is 0.256 e. The molecule has 11 heteroatoms. The zero-order valence-electron chi connectivity index (χ0n) is 14.3. The highest BCUT2D eigenvalue weighted by Gasteiger charge is 2.44. The summed E-state index contributed by atoms with van der Waals surface area (Å²) in [6, 6.07) is 3.59. The lowest BCUT2D eigenvalue weighted by atomic mass is 10.0. The summed E-state index contributed by atoms with van der Waals surface area (Å²) in [5, 5.41) is 15.0. The molecule has 1 amide bonds. The van der Waals surface area contributed by atoms with Crippen LogP contribution in [0.15, 0.2) is 24.4 Å². The minimum Gasteiger partial charge on any atom is -0.377 e. The number of nitrogens with one attached hydrogen (secondary N) is 1. The average molecular weight is 423 g/mol. The van der Waals surface area contributed by atoms with E-state index in [-0.39, 0.29) is 34.2 Å². The molecular weight excluding hydrogens is 410 g/mol. The summed E-state index contributed by atoms with van der Waals surface area (Å²) in [5.41, 5.74) is 0.887. The van der Waals surface area contributed by atoms with Gasteiger partial charge in [-0.1, -0.05) is 23.2 Å². The molecule has 1 saturated heterocycles. The molecule has 5 rings (SSSR count). The lowest BCUT2D eigenvalue weighted by Gasteiger charge is -2.45. The second-order valence-corrected chi connectivity index (χ2v) is 7.36. The number of aromatic nitrogens is 5. The molecule has 28 heavy (non-hydrogen) atoms. The van der Waals surface area contributed by atoms with Gasteiger partial charge in [0.2, 0.25) is 0 Å². The Morgan fingerprint density at radius 3 is 2.86 bits per heavy atom. The van der Waals surface area contributed by atoms with E-state index in [1.54, 1.807) is 17.2 Å². The van der Waals surface area contributed by atoms with E-state index >= 15 is 0 Å². The monoisotopic (exact) mass is 422 g/mol. The number of nitrogens with zero attached hydrogens (tertiary/aromatic N) is 5. The van der Waals surface area contributed by atoms with Crippen LogP contribution in [0.1, 0.15) is 22.2 Å². The fourth-order valence-electron chi connectivity index (χ4n) is 3.74.